The van der Waals surface area contributed by atoms with Gasteiger partial charge in [-0.3, -0.25) is 0 Å². The minimum Gasteiger partial charge on any atom is -0.305 e. The molecule has 0 aliphatic rings. The van der Waals surface area contributed by atoms with Crippen molar-refractivity contribution in [3.8, 4) is 44.8 Å². The number of thiophene rings is 1. The van der Waals surface area contributed by atoms with Crippen LogP contribution in [0.2, 0.25) is 17.3 Å². The Labute approximate surface area is 303 Å². The van der Waals surface area contributed by atoms with Crippen LogP contribution in [0.3, 0.4) is 0 Å². The molecule has 0 fully saturated rings. The Morgan fingerprint density at radius 1 is 0.562 bits per heavy atom. The second kappa shape index (κ2) is 14.9. The summed E-state index contributed by atoms with van der Waals surface area (Å²) in [6.07, 6.45) is 3.92. The molecule has 8 aromatic rings. The van der Waals surface area contributed by atoms with Crippen LogP contribution in [0.4, 0.5) is 0 Å². The van der Waals surface area contributed by atoms with Crippen LogP contribution in [0.1, 0.15) is 0 Å². The Morgan fingerprint density at radius 2 is 1.27 bits per heavy atom. The summed E-state index contributed by atoms with van der Waals surface area (Å²) in [5.74, 6) is 7.14. The number of pyridine rings is 2. The molecule has 0 amide bonds. The van der Waals surface area contributed by atoms with Crippen molar-refractivity contribution in [1.29, 1.82) is 0 Å². The molecule has 0 saturated carbocycles. The second-order valence-corrected chi connectivity index (χ2v) is 24.3. The van der Waals surface area contributed by atoms with Crippen molar-refractivity contribution in [2.45, 2.75) is 17.3 Å². The third-order valence-corrected chi connectivity index (χ3v) is 13.6. The number of benzene rings is 5. The first kappa shape index (κ1) is 33.7. The Hall–Kier alpha value is -4.19. The minimum absolute atomic E-state index is 0. The van der Waals surface area contributed by atoms with Crippen LogP contribution in [-0.2, 0) is 20.1 Å². The van der Waals surface area contributed by atoms with Gasteiger partial charge in [0.15, 0.2) is 0 Å². The van der Waals surface area contributed by atoms with Gasteiger partial charge in [0.05, 0.1) is 0 Å². The summed E-state index contributed by atoms with van der Waals surface area (Å²) in [6, 6.07) is 55.4. The number of nitrogens with zero attached hydrogens (tertiary/aromatic N) is 2. The third kappa shape index (κ3) is 7.59. The fraction of sp³-hybridized carbons (Fsp3) is 0.0698. The Kier molecular flexibility index (Phi) is 10.5. The maximum absolute atomic E-state index is 4.62. The van der Waals surface area contributed by atoms with E-state index >= 15 is 0 Å². The molecule has 5 heteroatoms. The number of rotatable bonds is 5. The minimum atomic E-state index is -1.72. The smallest absolute Gasteiger partial charge is 0.0246 e. The predicted octanol–water partition coefficient (Wildman–Crippen LogP) is 11.3. The molecule has 0 aliphatic heterocycles. The second-order valence-electron chi connectivity index (χ2n) is 12.5. The van der Waals surface area contributed by atoms with Gasteiger partial charge in [-0.25, -0.2) is 0 Å². The maximum Gasteiger partial charge on any atom is 0.0246 e. The van der Waals surface area contributed by atoms with E-state index in [-0.39, 0.29) is 20.1 Å². The van der Waals surface area contributed by atoms with E-state index in [9.17, 15) is 0 Å². The summed E-state index contributed by atoms with van der Waals surface area (Å²) in [5, 5.41) is 2.54. The van der Waals surface area contributed by atoms with Gasteiger partial charge < -0.3 is 4.98 Å². The van der Waals surface area contributed by atoms with Crippen LogP contribution < -0.4 is 4.40 Å². The molecule has 0 saturated heterocycles. The maximum atomic E-state index is 4.62. The molecule has 5 aromatic carbocycles. The van der Waals surface area contributed by atoms with Crippen LogP contribution >= 0.6 is 11.3 Å². The Morgan fingerprint density at radius 3 is 1.92 bits per heavy atom. The monoisotopic (exact) mass is 877 g/mol. The van der Waals surface area contributed by atoms with Gasteiger partial charge in [0.25, 0.3) is 0 Å². The van der Waals surface area contributed by atoms with Gasteiger partial charge in [-0.15, -0.1) is 23.8 Å². The van der Waals surface area contributed by atoms with Gasteiger partial charge in [-0.1, -0.05) is 84.2 Å². The molecule has 3 heterocycles. The standard InChI is InChI=1S/C29H18NS.C14H16GeN.Ir/c1-3-7-20(8-4-1)22-12-14-28-26(17-22)25-13-11-24(19-29(25)31-28)27-18-23(15-16-30-27)21-9-5-2-6-10-21;1-15(2,3)13-9-10-14(16-11-13)12-7-5-4-6-8-12;/h1-18H;4-7,9-11H,1-3H3;/q2*-1;. The fourth-order valence-corrected chi connectivity index (χ4v) is 8.86. The number of aromatic nitrogens is 2. The summed E-state index contributed by atoms with van der Waals surface area (Å²) in [6.45, 7) is 0. The molecule has 0 spiro atoms. The first-order valence-corrected chi connectivity index (χ1v) is 24.0. The predicted molar refractivity (Wildman–Crippen MR) is 204 cm³/mol. The molecule has 0 unspecified atom stereocenters. The normalized spacial score (nSPS) is 11.1. The van der Waals surface area contributed by atoms with Crippen molar-refractivity contribution in [3.63, 3.8) is 0 Å². The number of hydrogen-bond donors (Lipinski definition) is 0. The van der Waals surface area contributed by atoms with Gasteiger partial charge in [0, 0.05) is 31.0 Å². The molecule has 0 bridgehead atoms. The zero-order valence-electron chi connectivity index (χ0n) is 27.1. The summed E-state index contributed by atoms with van der Waals surface area (Å²) in [7, 11) is 0. The van der Waals surface area contributed by atoms with Gasteiger partial charge >= 0.3 is 99.8 Å². The first-order chi connectivity index (χ1) is 22.9. The largest absolute Gasteiger partial charge is 0.305 e. The molecule has 0 N–H and O–H groups in total. The van der Waals surface area contributed by atoms with Crippen LogP contribution in [0, 0.1) is 12.1 Å². The molecule has 3 aromatic heterocycles. The van der Waals surface area contributed by atoms with Crippen LogP contribution in [0.5, 0.6) is 0 Å². The molecule has 48 heavy (non-hydrogen) atoms. The molecule has 8 rings (SSSR count). The van der Waals surface area contributed by atoms with E-state index in [2.05, 4.69) is 149 Å². The quantitative estimate of drug-likeness (QED) is 0.127. The summed E-state index contributed by atoms with van der Waals surface area (Å²) >= 11 is 0.0757. The van der Waals surface area contributed by atoms with Crippen molar-refractivity contribution in [1.82, 2.24) is 9.97 Å². The average molecular weight is 876 g/mol. The molecular formula is C43H34GeIrN2S-2. The molecule has 1 radical (unpaired) electrons. The van der Waals surface area contributed by atoms with Crippen molar-refractivity contribution < 1.29 is 20.1 Å². The van der Waals surface area contributed by atoms with Crippen molar-refractivity contribution >= 4 is 49.2 Å². The van der Waals surface area contributed by atoms with E-state index in [4.69, 9.17) is 0 Å². The van der Waals surface area contributed by atoms with Gasteiger partial charge in [0.2, 0.25) is 0 Å². The van der Waals surface area contributed by atoms with E-state index in [1.165, 1.54) is 46.8 Å². The summed E-state index contributed by atoms with van der Waals surface area (Å²) in [4.78, 5) is 9.15. The fourth-order valence-electron chi connectivity index (χ4n) is 5.60. The van der Waals surface area contributed by atoms with Crippen LogP contribution in [0.25, 0.3) is 64.9 Å². The van der Waals surface area contributed by atoms with E-state index < -0.39 is 13.3 Å². The zero-order valence-corrected chi connectivity index (χ0v) is 32.4. The average Bonchev–Trinajstić information content (AvgIpc) is 3.50. The Bertz CT molecular complexity index is 2260. The molecular weight excluding hydrogens is 841 g/mol. The van der Waals surface area contributed by atoms with Gasteiger partial charge in [-0.2, -0.15) is 11.3 Å². The summed E-state index contributed by atoms with van der Waals surface area (Å²) < 4.78 is 3.90. The van der Waals surface area contributed by atoms with E-state index in [0.717, 1.165) is 22.5 Å². The third-order valence-electron chi connectivity index (χ3n) is 8.26. The van der Waals surface area contributed by atoms with Gasteiger partial charge in [0.1, 0.15) is 0 Å². The molecule has 0 atom stereocenters. The first-order valence-electron chi connectivity index (χ1n) is 15.8. The van der Waals surface area contributed by atoms with E-state index in [1.807, 2.05) is 42.7 Å². The molecule has 237 valence electrons. The van der Waals surface area contributed by atoms with Gasteiger partial charge in [-0.05, 0) is 50.2 Å². The van der Waals surface area contributed by atoms with Crippen LogP contribution in [0.15, 0.2) is 152 Å². The molecule has 0 aliphatic carbocycles. The summed E-state index contributed by atoms with van der Waals surface area (Å²) in [5.41, 5.74) is 8.91. The number of hydrogen-bond acceptors (Lipinski definition) is 3. The van der Waals surface area contributed by atoms with E-state index in [0.29, 0.717) is 0 Å². The van der Waals surface area contributed by atoms with Crippen molar-refractivity contribution in [3.05, 3.63) is 164 Å². The zero-order chi connectivity index (χ0) is 32.2. The topological polar surface area (TPSA) is 25.8 Å². The van der Waals surface area contributed by atoms with E-state index in [1.54, 1.807) is 11.3 Å². The Balaban J connectivity index is 0.000000201. The van der Waals surface area contributed by atoms with Crippen molar-refractivity contribution in [2.75, 3.05) is 0 Å². The number of fused-ring (bicyclic) bond motifs is 3. The van der Waals surface area contributed by atoms with Crippen molar-refractivity contribution in [2.24, 2.45) is 0 Å². The van der Waals surface area contributed by atoms with Crippen LogP contribution in [-0.4, -0.2) is 23.2 Å². The molecule has 2 nitrogen and oxygen atoms in total. The SMILES string of the molecule is [CH3][Ge]([CH3])([CH3])[c]1ccc(-c2[c-]cccc2)nc1.[Ir].[c-]1c(-c2cc(-c3ccccc3)ccn2)ccc2c1sc1ccc(-c3ccccc3)cc12.